The molecule has 1 unspecified atom stereocenters. The third-order valence-electron chi connectivity index (χ3n) is 1.67. The molecule has 1 rings (SSSR count). The SMILES string of the molecule is C#CC(NC)c1cc(Cl)cc(Br)c1. The second-order valence-corrected chi connectivity index (χ2v) is 3.94. The van der Waals surface area contributed by atoms with Crippen molar-refractivity contribution >= 4 is 27.5 Å². The van der Waals surface area contributed by atoms with Crippen LogP contribution in [-0.2, 0) is 0 Å². The van der Waals surface area contributed by atoms with Crippen molar-refractivity contribution < 1.29 is 0 Å². The number of halogens is 2. The van der Waals surface area contributed by atoms with Crippen LogP contribution in [0.3, 0.4) is 0 Å². The molecule has 0 saturated heterocycles. The van der Waals surface area contributed by atoms with Crippen LogP contribution in [0.1, 0.15) is 11.6 Å². The van der Waals surface area contributed by atoms with E-state index in [1.54, 1.807) is 0 Å². The van der Waals surface area contributed by atoms with E-state index >= 15 is 0 Å². The molecular weight excluding hydrogens is 249 g/mol. The summed E-state index contributed by atoms with van der Waals surface area (Å²) in [5.74, 6) is 2.63. The fourth-order valence-corrected chi connectivity index (χ4v) is 1.97. The van der Waals surface area contributed by atoms with E-state index in [4.69, 9.17) is 18.0 Å². The van der Waals surface area contributed by atoms with Gasteiger partial charge in [0.05, 0.1) is 6.04 Å². The lowest BCUT2D eigenvalue weighted by Gasteiger charge is -2.10. The Morgan fingerprint density at radius 3 is 2.69 bits per heavy atom. The van der Waals surface area contributed by atoms with Gasteiger partial charge in [0.15, 0.2) is 0 Å². The maximum Gasteiger partial charge on any atom is 0.0941 e. The molecule has 0 aliphatic rings. The first-order valence-corrected chi connectivity index (χ1v) is 4.94. The second kappa shape index (κ2) is 4.66. The first-order chi connectivity index (χ1) is 6.17. The van der Waals surface area contributed by atoms with Crippen LogP contribution in [0.2, 0.25) is 5.02 Å². The molecule has 0 heterocycles. The van der Waals surface area contributed by atoms with Crippen LogP contribution in [0.5, 0.6) is 0 Å². The maximum absolute atomic E-state index is 5.88. The molecule has 1 aromatic rings. The van der Waals surface area contributed by atoms with Gasteiger partial charge in [-0.25, -0.2) is 0 Å². The normalized spacial score (nSPS) is 12.2. The second-order valence-electron chi connectivity index (χ2n) is 2.59. The van der Waals surface area contributed by atoms with Crippen molar-refractivity contribution in [2.75, 3.05) is 7.05 Å². The van der Waals surface area contributed by atoms with Crippen LogP contribution in [0.4, 0.5) is 0 Å². The van der Waals surface area contributed by atoms with Gasteiger partial charge >= 0.3 is 0 Å². The van der Waals surface area contributed by atoms with Gasteiger partial charge in [-0.15, -0.1) is 6.42 Å². The van der Waals surface area contributed by atoms with Crippen LogP contribution < -0.4 is 5.32 Å². The fraction of sp³-hybridized carbons (Fsp3) is 0.200. The molecule has 1 N–H and O–H groups in total. The van der Waals surface area contributed by atoms with E-state index in [0.29, 0.717) is 5.02 Å². The summed E-state index contributed by atoms with van der Waals surface area (Å²) in [6.07, 6.45) is 5.34. The number of terminal acetylenes is 1. The number of rotatable bonds is 2. The van der Waals surface area contributed by atoms with E-state index in [1.807, 2.05) is 25.2 Å². The Hall–Kier alpha value is -0.490. The van der Waals surface area contributed by atoms with Gasteiger partial charge in [-0.1, -0.05) is 33.5 Å². The lowest BCUT2D eigenvalue weighted by atomic mass is 10.1. The molecule has 0 aliphatic heterocycles. The van der Waals surface area contributed by atoms with Crippen LogP contribution in [0, 0.1) is 12.3 Å². The van der Waals surface area contributed by atoms with Crippen molar-refractivity contribution in [1.82, 2.24) is 5.32 Å². The first kappa shape index (κ1) is 10.6. The van der Waals surface area contributed by atoms with E-state index in [9.17, 15) is 0 Å². The van der Waals surface area contributed by atoms with Gasteiger partial charge in [0.25, 0.3) is 0 Å². The van der Waals surface area contributed by atoms with Crippen molar-refractivity contribution in [3.8, 4) is 12.3 Å². The lowest BCUT2D eigenvalue weighted by Crippen LogP contribution is -2.13. The van der Waals surface area contributed by atoms with Crippen molar-refractivity contribution in [1.29, 1.82) is 0 Å². The predicted molar refractivity (Wildman–Crippen MR) is 59.8 cm³/mol. The van der Waals surface area contributed by atoms with Gasteiger partial charge in [-0.2, -0.15) is 0 Å². The molecular formula is C10H9BrClN. The lowest BCUT2D eigenvalue weighted by molar-refractivity contribution is 0.736. The zero-order valence-electron chi connectivity index (χ0n) is 7.14. The van der Waals surface area contributed by atoms with E-state index in [2.05, 4.69) is 27.2 Å². The molecule has 13 heavy (non-hydrogen) atoms. The standard InChI is InChI=1S/C10H9BrClN/c1-3-10(13-2)7-4-8(11)6-9(12)5-7/h1,4-6,10,13H,2H3. The molecule has 68 valence electrons. The largest absolute Gasteiger partial charge is 0.303 e. The summed E-state index contributed by atoms with van der Waals surface area (Å²) >= 11 is 9.24. The number of nitrogens with one attached hydrogen (secondary N) is 1. The summed E-state index contributed by atoms with van der Waals surface area (Å²) in [5.41, 5.74) is 0.990. The van der Waals surface area contributed by atoms with Gasteiger partial charge in [0.1, 0.15) is 0 Å². The smallest absolute Gasteiger partial charge is 0.0941 e. The average molecular weight is 259 g/mol. The Balaban J connectivity index is 3.08. The average Bonchev–Trinajstić information content (AvgIpc) is 2.04. The number of hydrogen-bond acceptors (Lipinski definition) is 1. The highest BCUT2D eigenvalue weighted by Crippen LogP contribution is 2.23. The summed E-state index contributed by atoms with van der Waals surface area (Å²) in [5, 5.41) is 3.69. The van der Waals surface area contributed by atoms with Crippen LogP contribution in [0.25, 0.3) is 0 Å². The van der Waals surface area contributed by atoms with Crippen molar-refractivity contribution in [2.45, 2.75) is 6.04 Å². The Bertz CT molecular complexity index is 323. The highest BCUT2D eigenvalue weighted by atomic mass is 79.9. The van der Waals surface area contributed by atoms with Crippen LogP contribution in [-0.4, -0.2) is 7.05 Å². The van der Waals surface area contributed by atoms with E-state index in [1.165, 1.54) is 0 Å². The van der Waals surface area contributed by atoms with Gasteiger partial charge in [0, 0.05) is 9.50 Å². The Morgan fingerprint density at radius 1 is 1.54 bits per heavy atom. The fourth-order valence-electron chi connectivity index (χ4n) is 1.09. The summed E-state index contributed by atoms with van der Waals surface area (Å²) in [6, 6.07) is 5.55. The summed E-state index contributed by atoms with van der Waals surface area (Å²) in [6.45, 7) is 0. The van der Waals surface area contributed by atoms with Crippen molar-refractivity contribution in [2.24, 2.45) is 0 Å². The Kier molecular flexibility index (Phi) is 3.80. The highest BCUT2D eigenvalue weighted by Gasteiger charge is 2.06. The minimum atomic E-state index is -0.0880. The molecule has 0 spiro atoms. The topological polar surface area (TPSA) is 12.0 Å². The zero-order valence-corrected chi connectivity index (χ0v) is 9.48. The Morgan fingerprint density at radius 2 is 2.23 bits per heavy atom. The molecule has 1 aromatic carbocycles. The van der Waals surface area contributed by atoms with E-state index in [0.717, 1.165) is 10.0 Å². The van der Waals surface area contributed by atoms with Crippen molar-refractivity contribution in [3.63, 3.8) is 0 Å². The first-order valence-electron chi connectivity index (χ1n) is 3.76. The molecule has 3 heteroatoms. The summed E-state index contributed by atoms with van der Waals surface area (Å²) < 4.78 is 0.936. The summed E-state index contributed by atoms with van der Waals surface area (Å²) in [7, 11) is 1.82. The molecule has 0 radical (unpaired) electrons. The number of benzene rings is 1. The molecule has 0 saturated carbocycles. The molecule has 1 nitrogen and oxygen atoms in total. The van der Waals surface area contributed by atoms with Gasteiger partial charge in [0.2, 0.25) is 0 Å². The predicted octanol–water partition coefficient (Wildman–Crippen LogP) is 3.00. The molecule has 0 fully saturated rings. The number of hydrogen-bond donors (Lipinski definition) is 1. The van der Waals surface area contributed by atoms with Crippen molar-refractivity contribution in [3.05, 3.63) is 33.3 Å². The van der Waals surface area contributed by atoms with Crippen LogP contribution >= 0.6 is 27.5 Å². The zero-order chi connectivity index (χ0) is 9.84. The third kappa shape index (κ3) is 2.73. The third-order valence-corrected chi connectivity index (χ3v) is 2.35. The summed E-state index contributed by atoms with van der Waals surface area (Å²) in [4.78, 5) is 0. The minimum Gasteiger partial charge on any atom is -0.303 e. The van der Waals surface area contributed by atoms with E-state index < -0.39 is 0 Å². The molecule has 0 amide bonds. The molecule has 1 atom stereocenters. The van der Waals surface area contributed by atoms with E-state index in [-0.39, 0.29) is 6.04 Å². The van der Waals surface area contributed by atoms with Gasteiger partial charge < -0.3 is 5.32 Å². The maximum atomic E-state index is 5.88. The van der Waals surface area contributed by atoms with Gasteiger partial charge in [-0.3, -0.25) is 0 Å². The highest BCUT2D eigenvalue weighted by molar-refractivity contribution is 9.10. The molecule has 0 bridgehead atoms. The molecule has 0 aromatic heterocycles. The molecule has 0 aliphatic carbocycles. The Labute approximate surface area is 91.6 Å². The minimum absolute atomic E-state index is 0.0880. The van der Waals surface area contributed by atoms with Gasteiger partial charge in [-0.05, 0) is 30.8 Å². The quantitative estimate of drug-likeness (QED) is 0.804. The monoisotopic (exact) mass is 257 g/mol. The van der Waals surface area contributed by atoms with Crippen LogP contribution in [0.15, 0.2) is 22.7 Å².